The number of aromatic nitrogens is 1. The van der Waals surface area contributed by atoms with E-state index in [-0.39, 0.29) is 5.91 Å². The van der Waals surface area contributed by atoms with Gasteiger partial charge in [0.1, 0.15) is 5.69 Å². The zero-order valence-corrected chi connectivity index (χ0v) is 17.0. The first-order valence-corrected chi connectivity index (χ1v) is 10.4. The molecule has 30 heavy (non-hydrogen) atoms. The molecule has 2 aromatic heterocycles. The second kappa shape index (κ2) is 7.65. The van der Waals surface area contributed by atoms with Gasteiger partial charge in [-0.2, -0.15) is 0 Å². The zero-order chi connectivity index (χ0) is 20.5. The highest BCUT2D eigenvalue weighted by Gasteiger charge is 2.14. The van der Waals surface area contributed by atoms with E-state index in [4.69, 9.17) is 9.15 Å². The van der Waals surface area contributed by atoms with Gasteiger partial charge in [-0.05, 0) is 28.5 Å². The SMILES string of the molecule is COc1cccc2cc(-c3csc(NC(=O)Cc4ccc5ccccc5c4)n3)oc12. The Labute approximate surface area is 176 Å². The number of benzene rings is 3. The number of thiazole rings is 1. The molecule has 0 radical (unpaired) electrons. The van der Waals surface area contributed by atoms with E-state index in [9.17, 15) is 4.79 Å². The lowest BCUT2D eigenvalue weighted by molar-refractivity contribution is -0.115. The Bertz CT molecular complexity index is 1370. The maximum absolute atomic E-state index is 12.5. The number of rotatable bonds is 5. The topological polar surface area (TPSA) is 64.4 Å². The Morgan fingerprint density at radius 2 is 1.87 bits per heavy atom. The van der Waals surface area contributed by atoms with Gasteiger partial charge < -0.3 is 14.5 Å². The normalized spacial score (nSPS) is 11.1. The van der Waals surface area contributed by atoms with Crippen molar-refractivity contribution in [1.29, 1.82) is 0 Å². The number of carbonyl (C=O) groups is 1. The fourth-order valence-electron chi connectivity index (χ4n) is 3.47. The third kappa shape index (κ3) is 3.53. The number of amides is 1. The van der Waals surface area contributed by atoms with E-state index in [0.29, 0.717) is 34.3 Å². The number of furan rings is 1. The highest BCUT2D eigenvalue weighted by atomic mass is 32.1. The first-order chi connectivity index (χ1) is 14.7. The van der Waals surface area contributed by atoms with E-state index >= 15 is 0 Å². The molecule has 0 atom stereocenters. The van der Waals surface area contributed by atoms with Gasteiger partial charge in [0.2, 0.25) is 5.91 Å². The number of fused-ring (bicyclic) bond motifs is 2. The minimum atomic E-state index is -0.0996. The Kier molecular flexibility index (Phi) is 4.69. The van der Waals surface area contributed by atoms with Gasteiger partial charge in [0, 0.05) is 10.8 Å². The molecule has 5 rings (SSSR count). The largest absolute Gasteiger partial charge is 0.493 e. The number of methoxy groups -OCH3 is 1. The molecule has 2 heterocycles. The fourth-order valence-corrected chi connectivity index (χ4v) is 4.18. The summed E-state index contributed by atoms with van der Waals surface area (Å²) in [5.74, 6) is 1.22. The van der Waals surface area contributed by atoms with Crippen LogP contribution < -0.4 is 10.1 Å². The molecule has 6 heteroatoms. The summed E-state index contributed by atoms with van der Waals surface area (Å²) in [6, 6.07) is 21.8. The van der Waals surface area contributed by atoms with Crippen LogP contribution in [-0.2, 0) is 11.2 Å². The van der Waals surface area contributed by atoms with E-state index < -0.39 is 0 Å². The first kappa shape index (κ1) is 18.4. The standard InChI is InChI=1S/C24H18N2O3S/c1-28-20-8-4-7-18-13-21(29-23(18)20)19-14-30-24(25-19)26-22(27)12-15-9-10-16-5-2-3-6-17(16)11-15/h2-11,13-14H,12H2,1H3,(H,25,26,27). The van der Waals surface area contributed by atoms with Crippen LogP contribution in [0.4, 0.5) is 5.13 Å². The smallest absolute Gasteiger partial charge is 0.230 e. The van der Waals surface area contributed by atoms with Crippen molar-refractivity contribution >= 4 is 44.1 Å². The molecule has 0 spiro atoms. The van der Waals surface area contributed by atoms with E-state index in [0.717, 1.165) is 21.7 Å². The Morgan fingerprint density at radius 1 is 1.03 bits per heavy atom. The Balaban J connectivity index is 1.32. The predicted octanol–water partition coefficient (Wildman–Crippen LogP) is 5.90. The molecule has 0 bridgehead atoms. The highest BCUT2D eigenvalue weighted by molar-refractivity contribution is 7.14. The quantitative estimate of drug-likeness (QED) is 0.389. The number of hydrogen-bond donors (Lipinski definition) is 1. The van der Waals surface area contributed by atoms with Gasteiger partial charge in [-0.15, -0.1) is 11.3 Å². The molecule has 0 fully saturated rings. The molecule has 1 amide bonds. The van der Waals surface area contributed by atoms with Crippen molar-refractivity contribution in [3.8, 4) is 17.2 Å². The molecule has 0 unspecified atom stereocenters. The van der Waals surface area contributed by atoms with Crippen molar-refractivity contribution in [2.24, 2.45) is 0 Å². The van der Waals surface area contributed by atoms with Crippen molar-refractivity contribution in [3.63, 3.8) is 0 Å². The van der Waals surface area contributed by atoms with Crippen molar-refractivity contribution < 1.29 is 13.9 Å². The summed E-state index contributed by atoms with van der Waals surface area (Å²) < 4.78 is 11.3. The minimum Gasteiger partial charge on any atom is -0.493 e. The summed E-state index contributed by atoms with van der Waals surface area (Å²) >= 11 is 1.37. The van der Waals surface area contributed by atoms with E-state index in [1.165, 1.54) is 11.3 Å². The molecule has 0 saturated heterocycles. The molecule has 148 valence electrons. The molecule has 1 N–H and O–H groups in total. The van der Waals surface area contributed by atoms with Crippen molar-refractivity contribution in [3.05, 3.63) is 77.7 Å². The van der Waals surface area contributed by atoms with Crippen LogP contribution in [0.5, 0.6) is 5.75 Å². The molecule has 5 aromatic rings. The summed E-state index contributed by atoms with van der Waals surface area (Å²) in [6.07, 6.45) is 0.293. The number of ether oxygens (including phenoxy) is 1. The van der Waals surface area contributed by atoms with Gasteiger partial charge in [0.25, 0.3) is 0 Å². The highest BCUT2D eigenvalue weighted by Crippen LogP contribution is 2.34. The minimum absolute atomic E-state index is 0.0996. The van der Waals surface area contributed by atoms with Crippen LogP contribution in [-0.4, -0.2) is 18.0 Å². The number of nitrogens with zero attached hydrogens (tertiary/aromatic N) is 1. The van der Waals surface area contributed by atoms with E-state index in [1.54, 1.807) is 7.11 Å². The van der Waals surface area contributed by atoms with Crippen LogP contribution in [0.2, 0.25) is 0 Å². The lowest BCUT2D eigenvalue weighted by atomic mass is 10.1. The predicted molar refractivity (Wildman–Crippen MR) is 120 cm³/mol. The van der Waals surface area contributed by atoms with E-state index in [2.05, 4.69) is 16.4 Å². The van der Waals surface area contributed by atoms with Gasteiger partial charge >= 0.3 is 0 Å². The number of nitrogens with one attached hydrogen (secondary N) is 1. The molecular formula is C24H18N2O3S. The molecule has 5 nitrogen and oxygen atoms in total. The van der Waals surface area contributed by atoms with Gasteiger partial charge in [0.05, 0.1) is 13.5 Å². The van der Waals surface area contributed by atoms with Crippen LogP contribution in [0.25, 0.3) is 33.2 Å². The monoisotopic (exact) mass is 414 g/mol. The summed E-state index contributed by atoms with van der Waals surface area (Å²) in [7, 11) is 1.61. The number of hydrogen-bond acceptors (Lipinski definition) is 5. The van der Waals surface area contributed by atoms with Gasteiger partial charge in [-0.3, -0.25) is 4.79 Å². The first-order valence-electron chi connectivity index (χ1n) is 9.49. The van der Waals surface area contributed by atoms with E-state index in [1.807, 2.05) is 66.0 Å². The third-order valence-corrected chi connectivity index (χ3v) is 5.67. The maximum Gasteiger partial charge on any atom is 0.230 e. The average molecular weight is 414 g/mol. The van der Waals surface area contributed by atoms with Crippen LogP contribution in [0.3, 0.4) is 0 Å². The Hall–Kier alpha value is -3.64. The maximum atomic E-state index is 12.5. The van der Waals surface area contributed by atoms with Crippen LogP contribution in [0.15, 0.2) is 76.5 Å². The van der Waals surface area contributed by atoms with Crippen LogP contribution >= 0.6 is 11.3 Å². The molecule has 3 aromatic carbocycles. The van der Waals surface area contributed by atoms with Crippen molar-refractivity contribution in [1.82, 2.24) is 4.98 Å². The van der Waals surface area contributed by atoms with Crippen LogP contribution in [0, 0.1) is 0 Å². The molecule has 0 saturated carbocycles. The number of carbonyl (C=O) groups excluding carboxylic acids is 1. The van der Waals surface area contributed by atoms with Crippen LogP contribution in [0.1, 0.15) is 5.56 Å². The van der Waals surface area contributed by atoms with Crippen molar-refractivity contribution in [2.45, 2.75) is 6.42 Å². The summed E-state index contributed by atoms with van der Waals surface area (Å²) in [6.45, 7) is 0. The van der Waals surface area contributed by atoms with Gasteiger partial charge in [0.15, 0.2) is 22.2 Å². The fraction of sp³-hybridized carbons (Fsp3) is 0.0833. The summed E-state index contributed by atoms with van der Waals surface area (Å²) in [5.41, 5.74) is 2.33. The Morgan fingerprint density at radius 3 is 2.73 bits per heavy atom. The number of anilines is 1. The van der Waals surface area contributed by atoms with Crippen molar-refractivity contribution in [2.75, 3.05) is 12.4 Å². The molecule has 0 aliphatic carbocycles. The second-order valence-electron chi connectivity index (χ2n) is 6.93. The number of para-hydroxylation sites is 1. The summed E-state index contributed by atoms with van der Waals surface area (Å²) in [4.78, 5) is 17.0. The second-order valence-corrected chi connectivity index (χ2v) is 7.79. The van der Waals surface area contributed by atoms with Gasteiger partial charge in [-0.1, -0.05) is 54.6 Å². The van der Waals surface area contributed by atoms with Gasteiger partial charge in [-0.25, -0.2) is 4.98 Å². The zero-order valence-electron chi connectivity index (χ0n) is 16.2. The summed E-state index contributed by atoms with van der Waals surface area (Å²) in [5, 5.41) is 8.53. The lowest BCUT2D eigenvalue weighted by Crippen LogP contribution is -2.14. The average Bonchev–Trinajstić information content (AvgIpc) is 3.40. The molecule has 0 aliphatic heterocycles. The lowest BCUT2D eigenvalue weighted by Gasteiger charge is -2.04. The molecular weight excluding hydrogens is 396 g/mol. The molecule has 0 aliphatic rings. The third-order valence-electron chi connectivity index (χ3n) is 4.91.